The molecule has 0 unspecified atom stereocenters. The lowest BCUT2D eigenvalue weighted by atomic mass is 9.86. The molecule has 0 radical (unpaired) electrons. The second kappa shape index (κ2) is 9.23. The zero-order chi connectivity index (χ0) is 20.9. The molecule has 1 aliphatic heterocycles. The summed E-state index contributed by atoms with van der Waals surface area (Å²) in [5.74, 6) is -0.158. The van der Waals surface area contributed by atoms with E-state index < -0.39 is 0 Å². The molecule has 1 N–H and O–H groups in total. The number of anilines is 1. The number of carbonyl (C=O) groups is 2. The first-order valence-corrected chi connectivity index (χ1v) is 10.2. The second-order valence-electron chi connectivity index (χ2n) is 8.45. The van der Waals surface area contributed by atoms with Crippen LogP contribution >= 0.6 is 0 Å². The van der Waals surface area contributed by atoms with E-state index in [4.69, 9.17) is 4.74 Å². The predicted octanol–water partition coefficient (Wildman–Crippen LogP) is 4.03. The van der Waals surface area contributed by atoms with Gasteiger partial charge in [0.1, 0.15) is 0 Å². The number of morpholine rings is 1. The van der Waals surface area contributed by atoms with Crippen LogP contribution in [0.5, 0.6) is 0 Å². The lowest BCUT2D eigenvalue weighted by Gasteiger charge is -2.27. The zero-order valence-corrected chi connectivity index (χ0v) is 17.5. The van der Waals surface area contributed by atoms with Crippen molar-refractivity contribution in [1.29, 1.82) is 0 Å². The van der Waals surface area contributed by atoms with Gasteiger partial charge in [0.15, 0.2) is 0 Å². The lowest BCUT2D eigenvalue weighted by Crippen LogP contribution is -2.41. The molecule has 3 rings (SSSR count). The van der Waals surface area contributed by atoms with Gasteiger partial charge in [-0.25, -0.2) is 0 Å². The Morgan fingerprint density at radius 3 is 2.31 bits per heavy atom. The van der Waals surface area contributed by atoms with E-state index in [1.807, 2.05) is 12.1 Å². The summed E-state index contributed by atoms with van der Waals surface area (Å²) < 4.78 is 5.32. The van der Waals surface area contributed by atoms with Crippen molar-refractivity contribution in [2.24, 2.45) is 0 Å². The molecule has 5 heteroatoms. The van der Waals surface area contributed by atoms with Crippen molar-refractivity contribution in [2.45, 2.75) is 39.0 Å². The summed E-state index contributed by atoms with van der Waals surface area (Å²) in [4.78, 5) is 27.1. The normalized spacial score (nSPS) is 14.5. The molecule has 29 heavy (non-hydrogen) atoms. The van der Waals surface area contributed by atoms with E-state index in [1.54, 1.807) is 17.0 Å². The first-order valence-electron chi connectivity index (χ1n) is 10.2. The summed E-state index contributed by atoms with van der Waals surface area (Å²) in [6.07, 6.45) is 1.03. The van der Waals surface area contributed by atoms with Gasteiger partial charge in [-0.05, 0) is 35.1 Å². The number of nitrogens with one attached hydrogen (secondary N) is 1. The minimum atomic E-state index is -0.0906. The Balaban J connectivity index is 1.60. The van der Waals surface area contributed by atoms with Gasteiger partial charge in [-0.2, -0.15) is 0 Å². The number of para-hydroxylation sites is 1. The molecule has 5 nitrogen and oxygen atoms in total. The Labute approximate surface area is 173 Å². The van der Waals surface area contributed by atoms with E-state index in [9.17, 15) is 9.59 Å². The number of carbonyl (C=O) groups excluding carboxylic acids is 2. The molecule has 2 aromatic carbocycles. The maximum atomic E-state index is 12.8. The number of ether oxygens (including phenoxy) is 1. The Morgan fingerprint density at radius 2 is 1.66 bits per heavy atom. The van der Waals surface area contributed by atoms with E-state index in [0.717, 1.165) is 5.56 Å². The van der Waals surface area contributed by atoms with Crippen LogP contribution in [0.1, 0.15) is 48.7 Å². The Kier molecular flexibility index (Phi) is 6.70. The lowest BCUT2D eigenvalue weighted by molar-refractivity contribution is -0.116. The largest absolute Gasteiger partial charge is 0.378 e. The van der Waals surface area contributed by atoms with E-state index in [1.165, 1.54) is 5.56 Å². The predicted molar refractivity (Wildman–Crippen MR) is 115 cm³/mol. The Morgan fingerprint density at radius 1 is 1.00 bits per heavy atom. The van der Waals surface area contributed by atoms with Crippen LogP contribution in [-0.4, -0.2) is 43.0 Å². The molecule has 0 aromatic heterocycles. The van der Waals surface area contributed by atoms with Crippen molar-refractivity contribution >= 4 is 17.5 Å². The molecule has 0 atom stereocenters. The van der Waals surface area contributed by atoms with Crippen molar-refractivity contribution in [1.82, 2.24) is 4.90 Å². The highest BCUT2D eigenvalue weighted by molar-refractivity contribution is 6.03. The third kappa shape index (κ3) is 5.67. The standard InChI is InChI=1S/C24H30N2O3/c1-24(2,3)19-11-8-18(9-12-19)10-13-22(27)25-21-7-5-4-6-20(21)23(28)26-14-16-29-17-15-26/h4-9,11-12H,10,13-17H2,1-3H3,(H,25,27). The minimum absolute atomic E-state index is 0.0676. The third-order valence-electron chi connectivity index (χ3n) is 5.19. The zero-order valence-electron chi connectivity index (χ0n) is 17.5. The Bertz CT molecular complexity index is 847. The molecule has 2 amide bonds. The minimum Gasteiger partial charge on any atom is -0.378 e. The number of amides is 2. The van der Waals surface area contributed by atoms with Crippen molar-refractivity contribution in [3.05, 3.63) is 65.2 Å². The average Bonchev–Trinajstić information content (AvgIpc) is 2.72. The smallest absolute Gasteiger partial charge is 0.256 e. The van der Waals surface area contributed by atoms with Gasteiger partial charge in [0.25, 0.3) is 5.91 Å². The summed E-state index contributed by atoms with van der Waals surface area (Å²) >= 11 is 0. The molecule has 1 aliphatic rings. The summed E-state index contributed by atoms with van der Waals surface area (Å²) in [7, 11) is 0. The number of aryl methyl sites for hydroxylation is 1. The van der Waals surface area contributed by atoms with Gasteiger partial charge < -0.3 is 15.0 Å². The first-order chi connectivity index (χ1) is 13.8. The summed E-state index contributed by atoms with van der Waals surface area (Å²) in [6.45, 7) is 8.81. The van der Waals surface area contributed by atoms with Gasteiger partial charge in [-0.3, -0.25) is 9.59 Å². The highest BCUT2D eigenvalue weighted by Gasteiger charge is 2.21. The highest BCUT2D eigenvalue weighted by atomic mass is 16.5. The summed E-state index contributed by atoms with van der Waals surface area (Å²) in [6, 6.07) is 15.6. The van der Waals surface area contributed by atoms with Crippen molar-refractivity contribution in [3.63, 3.8) is 0 Å². The van der Waals surface area contributed by atoms with Crippen molar-refractivity contribution in [3.8, 4) is 0 Å². The molecule has 2 aromatic rings. The van der Waals surface area contributed by atoms with Gasteiger partial charge in [-0.15, -0.1) is 0 Å². The molecule has 1 fully saturated rings. The average molecular weight is 395 g/mol. The fourth-order valence-corrected chi connectivity index (χ4v) is 3.36. The van der Waals surface area contributed by atoms with Gasteiger partial charge in [0.2, 0.25) is 5.91 Å². The van der Waals surface area contributed by atoms with Crippen molar-refractivity contribution < 1.29 is 14.3 Å². The van der Waals surface area contributed by atoms with Crippen LogP contribution in [-0.2, 0) is 21.4 Å². The number of benzene rings is 2. The monoisotopic (exact) mass is 394 g/mol. The maximum absolute atomic E-state index is 12.8. The van der Waals surface area contributed by atoms with Crippen LogP contribution in [0.25, 0.3) is 0 Å². The van der Waals surface area contributed by atoms with Gasteiger partial charge in [-0.1, -0.05) is 57.2 Å². The summed E-state index contributed by atoms with van der Waals surface area (Å²) in [5.41, 5.74) is 3.62. The molecular formula is C24H30N2O3. The summed E-state index contributed by atoms with van der Waals surface area (Å²) in [5, 5.41) is 2.92. The fraction of sp³-hybridized carbons (Fsp3) is 0.417. The third-order valence-corrected chi connectivity index (χ3v) is 5.19. The molecule has 154 valence electrons. The molecular weight excluding hydrogens is 364 g/mol. The SMILES string of the molecule is CC(C)(C)c1ccc(CCC(=O)Nc2ccccc2C(=O)N2CCOCC2)cc1. The first kappa shape index (κ1) is 21.1. The maximum Gasteiger partial charge on any atom is 0.256 e. The Hall–Kier alpha value is -2.66. The second-order valence-corrected chi connectivity index (χ2v) is 8.45. The van der Waals surface area contributed by atoms with Crippen LogP contribution in [0.2, 0.25) is 0 Å². The van der Waals surface area contributed by atoms with Crippen molar-refractivity contribution in [2.75, 3.05) is 31.6 Å². The van der Waals surface area contributed by atoms with E-state index in [-0.39, 0.29) is 17.2 Å². The molecule has 1 heterocycles. The van der Waals surface area contributed by atoms with E-state index >= 15 is 0 Å². The van der Waals surface area contributed by atoms with Gasteiger partial charge >= 0.3 is 0 Å². The molecule has 0 saturated carbocycles. The highest BCUT2D eigenvalue weighted by Crippen LogP contribution is 2.23. The van der Waals surface area contributed by atoms with Crippen LogP contribution in [0.3, 0.4) is 0 Å². The quantitative estimate of drug-likeness (QED) is 0.833. The van der Waals surface area contributed by atoms with E-state index in [0.29, 0.717) is 50.4 Å². The number of hydrogen-bond donors (Lipinski definition) is 1. The van der Waals surface area contributed by atoms with Crippen LogP contribution in [0.15, 0.2) is 48.5 Å². The number of rotatable bonds is 5. The number of hydrogen-bond acceptors (Lipinski definition) is 3. The van der Waals surface area contributed by atoms with Gasteiger partial charge in [0, 0.05) is 19.5 Å². The van der Waals surface area contributed by atoms with E-state index in [2.05, 4.69) is 50.4 Å². The fourth-order valence-electron chi connectivity index (χ4n) is 3.36. The topological polar surface area (TPSA) is 58.6 Å². The molecule has 0 aliphatic carbocycles. The molecule has 1 saturated heterocycles. The number of nitrogens with zero attached hydrogens (tertiary/aromatic N) is 1. The van der Waals surface area contributed by atoms with Crippen LogP contribution in [0, 0.1) is 0 Å². The van der Waals surface area contributed by atoms with Crippen LogP contribution < -0.4 is 5.32 Å². The van der Waals surface area contributed by atoms with Gasteiger partial charge in [0.05, 0.1) is 24.5 Å². The molecule has 0 bridgehead atoms. The van der Waals surface area contributed by atoms with Crippen LogP contribution in [0.4, 0.5) is 5.69 Å². The molecule has 0 spiro atoms.